The maximum atomic E-state index is 14.6. The molecule has 2 saturated heterocycles. The first kappa shape index (κ1) is 54.0. The summed E-state index contributed by atoms with van der Waals surface area (Å²) in [4.78, 5) is 43.7. The first-order valence-electron chi connectivity index (χ1n) is 24.2. The van der Waals surface area contributed by atoms with Crippen LogP contribution in [-0.2, 0) is 32.0 Å². The van der Waals surface area contributed by atoms with Crippen molar-refractivity contribution in [2.24, 2.45) is 0 Å². The SMILES string of the molecule is CNc1cncc(C#Cc2cc(C(=O)Nc3ccc(CN4CCN(Cc5cnc(C)c(C#Cc6cc(C(=O)Nc7ccc(CN8CCN(C)CC8)c(C(F)(F)F)c7)ccc6Cl)c5)CC4)c(C(F)(F)F)c3)ccc2C)c1. The van der Waals surface area contributed by atoms with E-state index < -0.39 is 35.3 Å². The molecule has 0 bridgehead atoms. The Kier molecular flexibility index (Phi) is 16.9. The van der Waals surface area contributed by atoms with Gasteiger partial charge >= 0.3 is 12.4 Å². The summed E-state index contributed by atoms with van der Waals surface area (Å²) < 4.78 is 86.3. The van der Waals surface area contributed by atoms with E-state index in [-0.39, 0.29) is 51.7 Å². The highest BCUT2D eigenvalue weighted by Crippen LogP contribution is 2.36. The number of halogens is 7. The van der Waals surface area contributed by atoms with Gasteiger partial charge in [-0.05, 0) is 110 Å². The number of piperazine rings is 2. The largest absolute Gasteiger partial charge is 0.416 e. The molecule has 3 N–H and O–H groups in total. The molecule has 11 nitrogen and oxygen atoms in total. The number of benzene rings is 4. The molecular weight excluding hydrogens is 992 g/mol. The number of aromatic nitrogens is 2. The van der Waals surface area contributed by atoms with Crippen LogP contribution in [0, 0.1) is 37.5 Å². The third-order valence-electron chi connectivity index (χ3n) is 13.2. The Labute approximate surface area is 437 Å². The third-order valence-corrected chi connectivity index (χ3v) is 13.5. The van der Waals surface area contributed by atoms with Crippen LogP contribution in [0.5, 0.6) is 0 Å². The van der Waals surface area contributed by atoms with Crippen molar-refractivity contribution in [3.63, 3.8) is 0 Å². The van der Waals surface area contributed by atoms with Crippen LogP contribution in [0.2, 0.25) is 5.02 Å². The van der Waals surface area contributed by atoms with E-state index in [9.17, 15) is 35.9 Å². The van der Waals surface area contributed by atoms with Crippen LogP contribution in [0.4, 0.5) is 43.4 Å². The van der Waals surface area contributed by atoms with Gasteiger partial charge in [0.25, 0.3) is 11.8 Å². The topological polar surface area (TPSA) is 109 Å². The molecule has 8 rings (SSSR count). The van der Waals surface area contributed by atoms with Crippen molar-refractivity contribution in [1.82, 2.24) is 29.6 Å². The van der Waals surface area contributed by atoms with Gasteiger partial charge in [-0.3, -0.25) is 34.3 Å². The lowest BCUT2D eigenvalue weighted by molar-refractivity contribution is -0.139. The predicted octanol–water partition coefficient (Wildman–Crippen LogP) is 10.2. The van der Waals surface area contributed by atoms with Crippen molar-refractivity contribution in [1.29, 1.82) is 0 Å². The molecule has 2 amide bonds. The van der Waals surface area contributed by atoms with Crippen LogP contribution in [0.25, 0.3) is 0 Å². The molecule has 6 aromatic rings. The number of anilines is 3. The fraction of sp³-hybridized carbons (Fsp3) is 0.298. The van der Waals surface area contributed by atoms with E-state index in [0.717, 1.165) is 42.0 Å². The molecule has 0 unspecified atom stereocenters. The maximum absolute atomic E-state index is 14.6. The van der Waals surface area contributed by atoms with E-state index in [1.54, 1.807) is 50.8 Å². The van der Waals surface area contributed by atoms with Crippen LogP contribution in [-0.4, -0.2) is 108 Å². The third kappa shape index (κ3) is 14.3. The number of alkyl halides is 6. The molecule has 2 aromatic heterocycles. The normalized spacial score (nSPS) is 14.8. The molecule has 0 aliphatic carbocycles. The Morgan fingerprint density at radius 1 is 0.587 bits per heavy atom. The van der Waals surface area contributed by atoms with Crippen molar-refractivity contribution in [3.8, 4) is 23.7 Å². The molecule has 2 fully saturated rings. The molecule has 2 aliphatic heterocycles. The number of carbonyl (C=O) groups excluding carboxylic acids is 2. The van der Waals surface area contributed by atoms with Gasteiger partial charge in [0.1, 0.15) is 0 Å². The fourth-order valence-electron chi connectivity index (χ4n) is 8.74. The fourth-order valence-corrected chi connectivity index (χ4v) is 8.90. The van der Waals surface area contributed by atoms with Gasteiger partial charge < -0.3 is 20.9 Å². The average molecular weight is 1050 g/mol. The van der Waals surface area contributed by atoms with Crippen molar-refractivity contribution in [2.45, 2.75) is 45.8 Å². The molecule has 0 atom stereocenters. The smallest absolute Gasteiger partial charge is 0.387 e. The Balaban J connectivity index is 0.869. The van der Waals surface area contributed by atoms with Gasteiger partial charge in [0, 0.05) is 136 Å². The Bertz CT molecular complexity index is 3220. The van der Waals surface area contributed by atoms with E-state index in [2.05, 4.69) is 59.4 Å². The predicted molar refractivity (Wildman–Crippen MR) is 279 cm³/mol. The average Bonchev–Trinajstić information content (AvgIpc) is 3.38. The monoisotopic (exact) mass is 1050 g/mol. The highest BCUT2D eigenvalue weighted by molar-refractivity contribution is 6.32. The van der Waals surface area contributed by atoms with Gasteiger partial charge in [0.15, 0.2) is 0 Å². The standard InChI is InChI=1S/C57H54ClF6N9O2/c1-37-5-7-44(27-41(37)8-6-39-26-50(65-3)33-66-31-39)54(74)68-48-15-12-47(52(29-48)57(62,63)64)36-73-23-21-71(22-24-73)34-40-25-42(38(2)67-32-40)9-10-43-28-45(13-16-53(43)58)55(75)69-49-14-11-46(51(30-49)56(59,60)61)35-72-19-17-70(4)18-20-72/h5,7,11-16,25-33,65H,17-24,34-36H2,1-4H3,(H,68,74)(H,69,75). The molecule has 0 saturated carbocycles. The highest BCUT2D eigenvalue weighted by Gasteiger charge is 2.36. The summed E-state index contributed by atoms with van der Waals surface area (Å²) in [5, 5.41) is 8.51. The van der Waals surface area contributed by atoms with Crippen molar-refractivity contribution in [3.05, 3.63) is 181 Å². The molecule has 18 heteroatoms. The van der Waals surface area contributed by atoms with Crippen molar-refractivity contribution in [2.75, 3.05) is 82.4 Å². The minimum absolute atomic E-state index is 0.00400. The molecule has 2 aliphatic rings. The summed E-state index contributed by atoms with van der Waals surface area (Å²) in [5.74, 6) is 11.1. The van der Waals surface area contributed by atoms with Gasteiger partial charge in [-0.1, -0.05) is 53.5 Å². The van der Waals surface area contributed by atoms with Crippen LogP contribution < -0.4 is 16.0 Å². The zero-order valence-corrected chi connectivity index (χ0v) is 42.5. The van der Waals surface area contributed by atoms with Crippen molar-refractivity contribution < 1.29 is 35.9 Å². The Hall–Kier alpha value is -7.25. The molecule has 4 aromatic carbocycles. The maximum Gasteiger partial charge on any atom is 0.416 e. The number of carbonyl (C=O) groups is 2. The summed E-state index contributed by atoms with van der Waals surface area (Å²) >= 11 is 6.51. The van der Waals surface area contributed by atoms with Gasteiger partial charge in [-0.2, -0.15) is 26.3 Å². The number of pyridine rings is 2. The number of nitrogens with zero attached hydrogens (tertiary/aromatic N) is 6. The van der Waals surface area contributed by atoms with Crippen LogP contribution >= 0.6 is 11.6 Å². The lowest BCUT2D eigenvalue weighted by Gasteiger charge is -2.35. The van der Waals surface area contributed by atoms with Gasteiger partial charge in [-0.15, -0.1) is 0 Å². The Morgan fingerprint density at radius 3 is 1.68 bits per heavy atom. The quantitative estimate of drug-likeness (QED) is 0.0864. The summed E-state index contributed by atoms with van der Waals surface area (Å²) in [6.07, 6.45) is -4.25. The molecule has 0 spiro atoms. The lowest BCUT2D eigenvalue weighted by atomic mass is 10.0. The van der Waals surface area contributed by atoms with Gasteiger partial charge in [-0.25, -0.2) is 0 Å². The molecule has 75 heavy (non-hydrogen) atoms. The number of likely N-dealkylation sites (N-methyl/N-ethyl adjacent to an activating group) is 1. The van der Waals surface area contributed by atoms with E-state index in [1.165, 1.54) is 42.5 Å². The van der Waals surface area contributed by atoms with E-state index in [1.807, 2.05) is 35.9 Å². The first-order valence-corrected chi connectivity index (χ1v) is 24.6. The number of rotatable bonds is 11. The molecule has 388 valence electrons. The second-order valence-corrected chi connectivity index (χ2v) is 19.1. The second-order valence-electron chi connectivity index (χ2n) is 18.7. The highest BCUT2D eigenvalue weighted by atomic mass is 35.5. The lowest BCUT2D eigenvalue weighted by Crippen LogP contribution is -2.45. The zero-order valence-electron chi connectivity index (χ0n) is 41.7. The minimum Gasteiger partial charge on any atom is -0.387 e. The van der Waals surface area contributed by atoms with Gasteiger partial charge in [0.05, 0.1) is 33.7 Å². The van der Waals surface area contributed by atoms with E-state index >= 15 is 0 Å². The van der Waals surface area contributed by atoms with Crippen molar-refractivity contribution >= 4 is 40.5 Å². The second kappa shape index (κ2) is 23.5. The number of aryl methyl sites for hydroxylation is 2. The van der Waals surface area contributed by atoms with Gasteiger partial charge in [0.2, 0.25) is 0 Å². The minimum atomic E-state index is -4.67. The molecular formula is C57H54ClF6N9O2. The van der Waals surface area contributed by atoms with Crippen LogP contribution in [0.3, 0.4) is 0 Å². The number of amides is 2. The number of nitrogens with one attached hydrogen (secondary N) is 3. The first-order chi connectivity index (χ1) is 35.8. The number of hydrogen-bond donors (Lipinski definition) is 3. The Morgan fingerprint density at radius 2 is 1.11 bits per heavy atom. The summed E-state index contributed by atoms with van der Waals surface area (Å²) in [6.45, 7) is 9.40. The van der Waals surface area contributed by atoms with E-state index in [0.29, 0.717) is 73.8 Å². The summed E-state index contributed by atoms with van der Waals surface area (Å²) in [7, 11) is 3.75. The zero-order chi connectivity index (χ0) is 53.4. The molecule has 0 radical (unpaired) electrons. The van der Waals surface area contributed by atoms with Crippen LogP contribution in [0.15, 0.2) is 104 Å². The van der Waals surface area contributed by atoms with E-state index in [4.69, 9.17) is 11.6 Å². The summed E-state index contributed by atoms with van der Waals surface area (Å²) in [5.41, 5.74) is 4.39. The number of hydrogen-bond acceptors (Lipinski definition) is 9. The van der Waals surface area contributed by atoms with Crippen LogP contribution in [0.1, 0.15) is 82.0 Å². The summed E-state index contributed by atoms with van der Waals surface area (Å²) in [6, 6.07) is 20.9. The molecule has 4 heterocycles.